The predicted octanol–water partition coefficient (Wildman–Crippen LogP) is 5.00. The van der Waals surface area contributed by atoms with E-state index in [1.807, 2.05) is 60.8 Å². The van der Waals surface area contributed by atoms with Crippen LogP contribution in [0.5, 0.6) is 5.75 Å². The molecule has 1 amide bonds. The molecule has 1 N–H and O–H groups in total. The van der Waals surface area contributed by atoms with Crippen LogP contribution in [0.25, 0.3) is 10.6 Å². The van der Waals surface area contributed by atoms with Crippen LogP contribution in [0.1, 0.15) is 11.3 Å². The van der Waals surface area contributed by atoms with E-state index >= 15 is 0 Å². The Morgan fingerprint density at radius 3 is 2.81 bits per heavy atom. The summed E-state index contributed by atoms with van der Waals surface area (Å²) in [6, 6.07) is 15.7. The number of benzene rings is 2. The highest BCUT2D eigenvalue weighted by Crippen LogP contribution is 2.28. The number of hydrogen-bond acceptors (Lipinski definition) is 5. The fraction of sp³-hybridized carbons (Fsp3) is 0.200. The van der Waals surface area contributed by atoms with E-state index in [4.69, 9.17) is 4.74 Å². The summed E-state index contributed by atoms with van der Waals surface area (Å²) in [7, 11) is 1.66. The van der Waals surface area contributed by atoms with Crippen molar-refractivity contribution in [2.24, 2.45) is 0 Å². The monoisotopic (exact) mass is 384 g/mol. The number of methoxy groups -OCH3 is 1. The van der Waals surface area contributed by atoms with Gasteiger partial charge in [0.25, 0.3) is 0 Å². The standard InChI is InChI=1S/C20H20N2O2S2/c1-14-6-8-16(9-7-14)21-19(23)13-25-11-17-12-26-20(22-17)15-4-3-5-18(10-15)24-2/h3-10,12H,11,13H2,1-2H3,(H,21,23). The Bertz CT molecular complexity index is 876. The molecule has 0 unspecified atom stereocenters. The molecule has 0 aliphatic carbocycles. The molecule has 3 aromatic rings. The summed E-state index contributed by atoms with van der Waals surface area (Å²) in [6.45, 7) is 2.02. The molecular formula is C20H20N2O2S2. The van der Waals surface area contributed by atoms with E-state index in [9.17, 15) is 4.79 Å². The van der Waals surface area contributed by atoms with Crippen LogP contribution in [0.15, 0.2) is 53.9 Å². The third-order valence-corrected chi connectivity index (χ3v) is 5.59. The molecule has 0 bridgehead atoms. The van der Waals surface area contributed by atoms with Gasteiger partial charge in [0.1, 0.15) is 10.8 Å². The van der Waals surface area contributed by atoms with Crippen molar-refractivity contribution < 1.29 is 9.53 Å². The van der Waals surface area contributed by atoms with Crippen molar-refractivity contribution in [1.82, 2.24) is 4.98 Å². The van der Waals surface area contributed by atoms with Gasteiger partial charge in [0.05, 0.1) is 18.6 Å². The summed E-state index contributed by atoms with van der Waals surface area (Å²) in [5, 5.41) is 5.91. The topological polar surface area (TPSA) is 51.2 Å². The quantitative estimate of drug-likeness (QED) is 0.623. The number of ether oxygens (including phenoxy) is 1. The van der Waals surface area contributed by atoms with Gasteiger partial charge in [-0.25, -0.2) is 4.98 Å². The molecule has 0 saturated heterocycles. The number of anilines is 1. The van der Waals surface area contributed by atoms with Gasteiger partial charge < -0.3 is 10.1 Å². The number of carbonyl (C=O) groups excluding carboxylic acids is 1. The number of hydrogen-bond donors (Lipinski definition) is 1. The molecule has 3 rings (SSSR count). The van der Waals surface area contributed by atoms with Crippen LogP contribution in [0.2, 0.25) is 0 Å². The minimum atomic E-state index is 0.00195. The summed E-state index contributed by atoms with van der Waals surface area (Å²) in [5.41, 5.74) is 4.03. The fourth-order valence-corrected chi connectivity index (χ4v) is 3.98. The van der Waals surface area contributed by atoms with E-state index in [1.54, 1.807) is 30.2 Å². The number of carbonyl (C=O) groups is 1. The van der Waals surface area contributed by atoms with Gasteiger partial charge >= 0.3 is 0 Å². The maximum atomic E-state index is 12.0. The Hall–Kier alpha value is -2.31. The van der Waals surface area contributed by atoms with E-state index in [2.05, 4.69) is 10.3 Å². The van der Waals surface area contributed by atoms with Crippen LogP contribution in [-0.2, 0) is 10.5 Å². The van der Waals surface area contributed by atoms with E-state index in [0.29, 0.717) is 11.5 Å². The number of aryl methyl sites for hydroxylation is 1. The Kier molecular flexibility index (Phi) is 6.30. The zero-order valence-corrected chi connectivity index (χ0v) is 16.3. The van der Waals surface area contributed by atoms with E-state index in [1.165, 1.54) is 5.56 Å². The first kappa shape index (κ1) is 18.5. The normalized spacial score (nSPS) is 10.5. The molecule has 1 heterocycles. The number of thioether (sulfide) groups is 1. The molecule has 0 aliphatic rings. The van der Waals surface area contributed by atoms with Crippen LogP contribution >= 0.6 is 23.1 Å². The first-order valence-corrected chi connectivity index (χ1v) is 10.2. The van der Waals surface area contributed by atoms with Gasteiger partial charge in [-0.3, -0.25) is 4.79 Å². The number of nitrogens with one attached hydrogen (secondary N) is 1. The fourth-order valence-electron chi connectivity index (χ4n) is 2.34. The van der Waals surface area contributed by atoms with E-state index in [-0.39, 0.29) is 5.91 Å². The highest BCUT2D eigenvalue weighted by molar-refractivity contribution is 7.99. The van der Waals surface area contributed by atoms with Crippen LogP contribution in [0.4, 0.5) is 5.69 Å². The molecule has 134 valence electrons. The first-order valence-electron chi connectivity index (χ1n) is 8.17. The summed E-state index contributed by atoms with van der Waals surface area (Å²) in [4.78, 5) is 16.7. The molecule has 2 aromatic carbocycles. The second kappa shape index (κ2) is 8.87. The van der Waals surface area contributed by atoms with Crippen molar-refractivity contribution in [3.05, 3.63) is 65.2 Å². The van der Waals surface area contributed by atoms with Crippen molar-refractivity contribution in [2.45, 2.75) is 12.7 Å². The van der Waals surface area contributed by atoms with Crippen LogP contribution < -0.4 is 10.1 Å². The molecule has 0 aliphatic heterocycles. The minimum absolute atomic E-state index is 0.00195. The molecule has 0 radical (unpaired) electrons. The average molecular weight is 385 g/mol. The van der Waals surface area contributed by atoms with E-state index in [0.717, 1.165) is 27.7 Å². The number of aromatic nitrogens is 1. The van der Waals surface area contributed by atoms with Crippen LogP contribution in [0, 0.1) is 6.92 Å². The predicted molar refractivity (Wildman–Crippen MR) is 110 cm³/mol. The van der Waals surface area contributed by atoms with Gasteiger partial charge in [0, 0.05) is 22.4 Å². The highest BCUT2D eigenvalue weighted by atomic mass is 32.2. The molecule has 0 atom stereocenters. The summed E-state index contributed by atoms with van der Waals surface area (Å²) < 4.78 is 5.26. The second-order valence-corrected chi connectivity index (χ2v) is 7.63. The maximum Gasteiger partial charge on any atom is 0.234 e. The van der Waals surface area contributed by atoms with Crippen LogP contribution in [0.3, 0.4) is 0 Å². The van der Waals surface area contributed by atoms with Crippen molar-refractivity contribution in [3.8, 4) is 16.3 Å². The Morgan fingerprint density at radius 2 is 2.04 bits per heavy atom. The van der Waals surface area contributed by atoms with Crippen LogP contribution in [-0.4, -0.2) is 23.8 Å². The molecular weight excluding hydrogens is 364 g/mol. The third-order valence-electron chi connectivity index (χ3n) is 3.69. The lowest BCUT2D eigenvalue weighted by atomic mass is 10.2. The molecule has 0 saturated carbocycles. The van der Waals surface area contributed by atoms with Gasteiger partial charge in [0.15, 0.2) is 0 Å². The number of nitrogens with zero attached hydrogens (tertiary/aromatic N) is 1. The summed E-state index contributed by atoms with van der Waals surface area (Å²) in [6.07, 6.45) is 0. The largest absolute Gasteiger partial charge is 0.497 e. The zero-order chi connectivity index (χ0) is 18.4. The summed E-state index contributed by atoms with van der Waals surface area (Å²) >= 11 is 3.16. The maximum absolute atomic E-state index is 12.0. The van der Waals surface area contributed by atoms with Crippen molar-refractivity contribution in [1.29, 1.82) is 0 Å². The number of amides is 1. The Balaban J connectivity index is 1.50. The van der Waals surface area contributed by atoms with Gasteiger partial charge in [-0.05, 0) is 31.2 Å². The number of rotatable bonds is 7. The van der Waals surface area contributed by atoms with Gasteiger partial charge in [0.2, 0.25) is 5.91 Å². The smallest absolute Gasteiger partial charge is 0.234 e. The van der Waals surface area contributed by atoms with Gasteiger partial charge in [-0.1, -0.05) is 29.8 Å². The Morgan fingerprint density at radius 1 is 1.23 bits per heavy atom. The van der Waals surface area contributed by atoms with Crippen molar-refractivity contribution >= 4 is 34.7 Å². The molecule has 0 fully saturated rings. The lowest BCUT2D eigenvalue weighted by Crippen LogP contribution is -2.14. The Labute approximate surface area is 161 Å². The SMILES string of the molecule is COc1cccc(-c2nc(CSCC(=O)Nc3ccc(C)cc3)cs2)c1. The lowest BCUT2D eigenvalue weighted by Gasteiger charge is -2.05. The molecule has 0 spiro atoms. The van der Waals surface area contributed by atoms with Crippen molar-refractivity contribution in [2.75, 3.05) is 18.2 Å². The number of thiazole rings is 1. The average Bonchev–Trinajstić information content (AvgIpc) is 3.13. The minimum Gasteiger partial charge on any atom is -0.497 e. The first-order chi connectivity index (χ1) is 12.6. The molecule has 26 heavy (non-hydrogen) atoms. The zero-order valence-electron chi connectivity index (χ0n) is 14.7. The van der Waals surface area contributed by atoms with E-state index < -0.39 is 0 Å². The van der Waals surface area contributed by atoms with Crippen molar-refractivity contribution in [3.63, 3.8) is 0 Å². The summed E-state index contributed by atoms with van der Waals surface area (Å²) in [5.74, 6) is 1.94. The third kappa shape index (κ3) is 5.09. The highest BCUT2D eigenvalue weighted by Gasteiger charge is 2.08. The molecule has 6 heteroatoms. The second-order valence-electron chi connectivity index (χ2n) is 5.78. The lowest BCUT2D eigenvalue weighted by molar-refractivity contribution is -0.113. The molecule has 4 nitrogen and oxygen atoms in total. The molecule has 1 aromatic heterocycles. The van der Waals surface area contributed by atoms with Gasteiger partial charge in [-0.2, -0.15) is 0 Å². The van der Waals surface area contributed by atoms with Gasteiger partial charge in [-0.15, -0.1) is 23.1 Å².